The number of rotatable bonds is 4. The summed E-state index contributed by atoms with van der Waals surface area (Å²) in [6.07, 6.45) is 1.54. The summed E-state index contributed by atoms with van der Waals surface area (Å²) in [4.78, 5) is 11.6. The summed E-state index contributed by atoms with van der Waals surface area (Å²) in [5.41, 5.74) is 0.484. The van der Waals surface area contributed by atoms with Crippen molar-refractivity contribution in [3.05, 3.63) is 54.0 Å². The molecule has 2 aromatic rings. The van der Waals surface area contributed by atoms with E-state index >= 15 is 0 Å². The zero-order valence-corrected chi connectivity index (χ0v) is 9.38. The van der Waals surface area contributed by atoms with Gasteiger partial charge in [-0.2, -0.15) is 0 Å². The number of methoxy groups -OCH3 is 1. The summed E-state index contributed by atoms with van der Waals surface area (Å²) >= 11 is 0. The van der Waals surface area contributed by atoms with E-state index in [1.807, 2.05) is 0 Å². The van der Waals surface area contributed by atoms with Gasteiger partial charge >= 0.3 is 5.97 Å². The van der Waals surface area contributed by atoms with Crippen LogP contribution in [0.5, 0.6) is 5.75 Å². The highest BCUT2D eigenvalue weighted by atomic mass is 16.5. The zero-order valence-electron chi connectivity index (χ0n) is 9.38. The third kappa shape index (κ3) is 2.87. The van der Waals surface area contributed by atoms with Gasteiger partial charge in [0.2, 0.25) is 0 Å². The van der Waals surface area contributed by atoms with Gasteiger partial charge in [0, 0.05) is 0 Å². The lowest BCUT2D eigenvalue weighted by Crippen LogP contribution is -2.04. The van der Waals surface area contributed by atoms with E-state index in [2.05, 4.69) is 0 Å². The Hall–Kier alpha value is -2.23. The maximum absolute atomic E-state index is 11.6. The van der Waals surface area contributed by atoms with Crippen molar-refractivity contribution in [2.45, 2.75) is 6.61 Å². The van der Waals surface area contributed by atoms with E-state index in [1.165, 1.54) is 6.26 Å². The fourth-order valence-electron chi connectivity index (χ4n) is 1.34. The van der Waals surface area contributed by atoms with Gasteiger partial charge in [0.15, 0.2) is 0 Å². The molecule has 17 heavy (non-hydrogen) atoms. The summed E-state index contributed by atoms with van der Waals surface area (Å²) in [5, 5.41) is 0. The molecule has 4 nitrogen and oxygen atoms in total. The Morgan fingerprint density at radius 3 is 2.59 bits per heavy atom. The van der Waals surface area contributed by atoms with Crippen molar-refractivity contribution in [1.82, 2.24) is 0 Å². The lowest BCUT2D eigenvalue weighted by molar-refractivity contribution is 0.0445. The number of esters is 1. The first-order valence-electron chi connectivity index (χ1n) is 5.13. The Labute approximate surface area is 98.8 Å². The van der Waals surface area contributed by atoms with Gasteiger partial charge in [-0.25, -0.2) is 4.79 Å². The van der Waals surface area contributed by atoms with E-state index in [0.717, 1.165) is 0 Å². The summed E-state index contributed by atoms with van der Waals surface area (Å²) in [7, 11) is 1.57. The predicted molar refractivity (Wildman–Crippen MR) is 60.8 cm³/mol. The van der Waals surface area contributed by atoms with Crippen LogP contribution in [0.3, 0.4) is 0 Å². The van der Waals surface area contributed by atoms with Crippen LogP contribution in [0, 0.1) is 0 Å². The zero-order chi connectivity index (χ0) is 12.1. The molecule has 0 aliphatic rings. The number of furan rings is 1. The van der Waals surface area contributed by atoms with Crippen LogP contribution in [0.2, 0.25) is 0 Å². The molecule has 0 amide bonds. The summed E-state index contributed by atoms with van der Waals surface area (Å²) < 4.78 is 15.1. The predicted octanol–water partition coefficient (Wildman–Crippen LogP) is 2.65. The molecule has 0 aliphatic heterocycles. The Bertz CT molecular complexity index is 471. The highest BCUT2D eigenvalue weighted by molar-refractivity contribution is 5.89. The van der Waals surface area contributed by atoms with Gasteiger partial charge in [-0.15, -0.1) is 0 Å². The molecule has 0 saturated heterocycles. The summed E-state index contributed by atoms with van der Waals surface area (Å²) in [6.45, 7) is 0.137. The molecule has 0 N–H and O–H groups in total. The number of carbonyl (C=O) groups is 1. The van der Waals surface area contributed by atoms with Crippen LogP contribution < -0.4 is 4.74 Å². The molecule has 1 aromatic carbocycles. The molecule has 0 bridgehead atoms. The number of hydrogen-bond donors (Lipinski definition) is 0. The van der Waals surface area contributed by atoms with Gasteiger partial charge in [-0.05, 0) is 36.4 Å². The SMILES string of the molecule is COc1ccc(C(=O)OCc2ccco2)cc1. The second kappa shape index (κ2) is 5.21. The quantitative estimate of drug-likeness (QED) is 0.760. The number of carbonyl (C=O) groups excluding carboxylic acids is 1. The summed E-state index contributed by atoms with van der Waals surface area (Å²) in [6, 6.07) is 10.2. The second-order valence-electron chi connectivity index (χ2n) is 3.38. The van der Waals surface area contributed by atoms with Crippen molar-refractivity contribution in [2.24, 2.45) is 0 Å². The van der Waals surface area contributed by atoms with Crippen LogP contribution in [-0.2, 0) is 11.3 Å². The Morgan fingerprint density at radius 1 is 1.24 bits per heavy atom. The van der Waals surface area contributed by atoms with Crippen LogP contribution in [0.25, 0.3) is 0 Å². The van der Waals surface area contributed by atoms with Crippen LogP contribution >= 0.6 is 0 Å². The normalized spacial score (nSPS) is 9.94. The van der Waals surface area contributed by atoms with E-state index in [4.69, 9.17) is 13.9 Å². The van der Waals surface area contributed by atoms with E-state index in [-0.39, 0.29) is 12.6 Å². The maximum atomic E-state index is 11.6. The molecule has 0 aliphatic carbocycles. The van der Waals surface area contributed by atoms with Crippen molar-refractivity contribution < 1.29 is 18.7 Å². The van der Waals surface area contributed by atoms with Crippen LogP contribution in [0.1, 0.15) is 16.1 Å². The van der Waals surface area contributed by atoms with E-state index in [9.17, 15) is 4.79 Å². The minimum absolute atomic E-state index is 0.137. The first-order chi connectivity index (χ1) is 8.29. The van der Waals surface area contributed by atoms with Crippen molar-refractivity contribution in [2.75, 3.05) is 7.11 Å². The average molecular weight is 232 g/mol. The number of ether oxygens (including phenoxy) is 2. The standard InChI is InChI=1S/C13H12O4/c1-15-11-6-4-10(5-7-11)13(14)17-9-12-3-2-8-16-12/h2-8H,9H2,1H3. The van der Waals surface area contributed by atoms with Crippen molar-refractivity contribution in [1.29, 1.82) is 0 Å². The second-order valence-corrected chi connectivity index (χ2v) is 3.38. The molecule has 0 spiro atoms. The number of benzene rings is 1. The fourth-order valence-corrected chi connectivity index (χ4v) is 1.34. The largest absolute Gasteiger partial charge is 0.497 e. The Kier molecular flexibility index (Phi) is 3.45. The molecule has 0 fully saturated rings. The Balaban J connectivity index is 1.95. The molecule has 88 valence electrons. The molecule has 0 radical (unpaired) electrons. The third-order valence-corrected chi connectivity index (χ3v) is 2.25. The summed E-state index contributed by atoms with van der Waals surface area (Å²) in [5.74, 6) is 0.934. The van der Waals surface area contributed by atoms with Crippen LogP contribution in [0.15, 0.2) is 47.1 Å². The van der Waals surface area contributed by atoms with E-state index in [1.54, 1.807) is 43.5 Å². The molecule has 1 aromatic heterocycles. The van der Waals surface area contributed by atoms with Crippen LogP contribution in [0.4, 0.5) is 0 Å². The minimum atomic E-state index is -0.385. The Morgan fingerprint density at radius 2 is 2.00 bits per heavy atom. The molecule has 0 atom stereocenters. The molecule has 1 heterocycles. The monoisotopic (exact) mass is 232 g/mol. The lowest BCUT2D eigenvalue weighted by atomic mass is 10.2. The molecular formula is C13H12O4. The van der Waals surface area contributed by atoms with Crippen molar-refractivity contribution in [3.63, 3.8) is 0 Å². The smallest absolute Gasteiger partial charge is 0.338 e. The average Bonchev–Trinajstić information content (AvgIpc) is 2.89. The van der Waals surface area contributed by atoms with Crippen molar-refractivity contribution in [3.8, 4) is 5.75 Å². The highest BCUT2D eigenvalue weighted by Gasteiger charge is 2.08. The van der Waals surface area contributed by atoms with Gasteiger partial charge in [0.1, 0.15) is 18.1 Å². The van der Waals surface area contributed by atoms with Gasteiger partial charge in [0.05, 0.1) is 18.9 Å². The number of hydrogen-bond acceptors (Lipinski definition) is 4. The fraction of sp³-hybridized carbons (Fsp3) is 0.154. The molecule has 0 saturated carbocycles. The van der Waals surface area contributed by atoms with Gasteiger partial charge in [-0.3, -0.25) is 0 Å². The lowest BCUT2D eigenvalue weighted by Gasteiger charge is -2.04. The first kappa shape index (κ1) is 11.3. The topological polar surface area (TPSA) is 48.7 Å². The molecule has 0 unspecified atom stereocenters. The van der Waals surface area contributed by atoms with E-state index in [0.29, 0.717) is 17.1 Å². The van der Waals surface area contributed by atoms with Gasteiger partial charge in [-0.1, -0.05) is 0 Å². The third-order valence-electron chi connectivity index (χ3n) is 2.25. The first-order valence-corrected chi connectivity index (χ1v) is 5.13. The minimum Gasteiger partial charge on any atom is -0.497 e. The molecule has 4 heteroatoms. The van der Waals surface area contributed by atoms with Crippen molar-refractivity contribution >= 4 is 5.97 Å². The van der Waals surface area contributed by atoms with Gasteiger partial charge in [0.25, 0.3) is 0 Å². The molecule has 2 rings (SSSR count). The molecular weight excluding hydrogens is 220 g/mol. The maximum Gasteiger partial charge on any atom is 0.338 e. The van der Waals surface area contributed by atoms with Gasteiger partial charge < -0.3 is 13.9 Å². The highest BCUT2D eigenvalue weighted by Crippen LogP contribution is 2.13. The van der Waals surface area contributed by atoms with E-state index < -0.39 is 0 Å². The van der Waals surface area contributed by atoms with Crippen LogP contribution in [-0.4, -0.2) is 13.1 Å².